The zero-order valence-electron chi connectivity index (χ0n) is 9.96. The Morgan fingerprint density at radius 1 is 1.44 bits per heavy atom. The largest absolute Gasteiger partial charge is 0.367 e. The molecule has 1 unspecified atom stereocenters. The standard InChI is InChI=1S/C13H19ClN2/c1-13(2)8-4-5-10(9-13)15-12-7-3-6-11(14)16-12/h3,6-7,10H,4-5,8-9H2,1-2H3,(H,15,16). The van der Waals surface area contributed by atoms with E-state index in [1.165, 1.54) is 25.7 Å². The van der Waals surface area contributed by atoms with E-state index in [1.807, 2.05) is 12.1 Å². The highest BCUT2D eigenvalue weighted by Gasteiger charge is 2.27. The summed E-state index contributed by atoms with van der Waals surface area (Å²) in [5.74, 6) is 0.898. The van der Waals surface area contributed by atoms with E-state index in [4.69, 9.17) is 11.6 Å². The maximum atomic E-state index is 5.87. The quantitative estimate of drug-likeness (QED) is 0.785. The van der Waals surface area contributed by atoms with Gasteiger partial charge in [0.15, 0.2) is 0 Å². The van der Waals surface area contributed by atoms with E-state index >= 15 is 0 Å². The number of pyridine rings is 1. The number of halogens is 1. The Morgan fingerprint density at radius 3 is 2.94 bits per heavy atom. The van der Waals surface area contributed by atoms with Crippen molar-refractivity contribution in [3.8, 4) is 0 Å². The van der Waals surface area contributed by atoms with Crippen LogP contribution < -0.4 is 5.32 Å². The summed E-state index contributed by atoms with van der Waals surface area (Å²) >= 11 is 5.87. The fourth-order valence-electron chi connectivity index (χ4n) is 2.52. The van der Waals surface area contributed by atoms with Crippen molar-refractivity contribution >= 4 is 17.4 Å². The molecule has 0 radical (unpaired) electrons. The van der Waals surface area contributed by atoms with Gasteiger partial charge in [0.25, 0.3) is 0 Å². The van der Waals surface area contributed by atoms with Crippen molar-refractivity contribution in [3.63, 3.8) is 0 Å². The highest BCUT2D eigenvalue weighted by molar-refractivity contribution is 6.29. The molecule has 2 rings (SSSR count). The van der Waals surface area contributed by atoms with E-state index < -0.39 is 0 Å². The van der Waals surface area contributed by atoms with Crippen LogP contribution >= 0.6 is 11.6 Å². The zero-order chi connectivity index (χ0) is 11.6. The molecule has 0 saturated heterocycles. The van der Waals surface area contributed by atoms with E-state index in [0.717, 1.165) is 5.82 Å². The average Bonchev–Trinajstić information content (AvgIpc) is 2.15. The molecule has 16 heavy (non-hydrogen) atoms. The van der Waals surface area contributed by atoms with Crippen LogP contribution in [0.3, 0.4) is 0 Å². The minimum absolute atomic E-state index is 0.453. The van der Waals surface area contributed by atoms with E-state index in [9.17, 15) is 0 Å². The van der Waals surface area contributed by atoms with E-state index in [-0.39, 0.29) is 0 Å². The molecule has 1 aliphatic rings. The fourth-order valence-corrected chi connectivity index (χ4v) is 2.68. The van der Waals surface area contributed by atoms with E-state index in [1.54, 1.807) is 6.07 Å². The maximum Gasteiger partial charge on any atom is 0.131 e. The summed E-state index contributed by atoms with van der Waals surface area (Å²) < 4.78 is 0. The molecule has 1 heterocycles. The Balaban J connectivity index is 1.99. The van der Waals surface area contributed by atoms with Gasteiger partial charge >= 0.3 is 0 Å². The molecule has 0 amide bonds. The van der Waals surface area contributed by atoms with Crippen molar-refractivity contribution in [3.05, 3.63) is 23.4 Å². The number of nitrogens with zero attached hydrogens (tertiary/aromatic N) is 1. The fraction of sp³-hybridized carbons (Fsp3) is 0.615. The maximum absolute atomic E-state index is 5.87. The number of rotatable bonds is 2. The summed E-state index contributed by atoms with van der Waals surface area (Å²) in [6, 6.07) is 6.26. The first kappa shape index (κ1) is 11.7. The van der Waals surface area contributed by atoms with Crippen LogP contribution in [0.25, 0.3) is 0 Å². The van der Waals surface area contributed by atoms with Crippen molar-refractivity contribution < 1.29 is 0 Å². The molecule has 0 aromatic carbocycles. The lowest BCUT2D eigenvalue weighted by atomic mass is 9.75. The average molecular weight is 239 g/mol. The van der Waals surface area contributed by atoms with Crippen LogP contribution in [-0.2, 0) is 0 Å². The van der Waals surface area contributed by atoms with Crippen LogP contribution in [0.1, 0.15) is 39.5 Å². The van der Waals surface area contributed by atoms with Gasteiger partial charge < -0.3 is 5.32 Å². The van der Waals surface area contributed by atoms with Gasteiger partial charge in [-0.1, -0.05) is 37.9 Å². The molecule has 1 aliphatic carbocycles. The van der Waals surface area contributed by atoms with E-state index in [2.05, 4.69) is 24.1 Å². The van der Waals surface area contributed by atoms with Crippen LogP contribution in [-0.4, -0.2) is 11.0 Å². The van der Waals surface area contributed by atoms with Gasteiger partial charge in [-0.2, -0.15) is 0 Å². The van der Waals surface area contributed by atoms with Crippen LogP contribution in [0.15, 0.2) is 18.2 Å². The predicted molar refractivity (Wildman–Crippen MR) is 68.9 cm³/mol. The Bertz CT molecular complexity index is 363. The highest BCUT2D eigenvalue weighted by Crippen LogP contribution is 2.36. The summed E-state index contributed by atoms with van der Waals surface area (Å²) in [6.07, 6.45) is 5.07. The number of hydrogen-bond donors (Lipinski definition) is 1. The molecule has 1 saturated carbocycles. The topological polar surface area (TPSA) is 24.9 Å². The molecule has 1 aromatic heterocycles. The second-order valence-corrected chi connectivity index (χ2v) is 5.83. The summed E-state index contributed by atoms with van der Waals surface area (Å²) in [4.78, 5) is 4.27. The molecule has 1 atom stereocenters. The minimum atomic E-state index is 0.453. The minimum Gasteiger partial charge on any atom is -0.367 e. The Labute approximate surface area is 102 Å². The first-order valence-electron chi connectivity index (χ1n) is 5.94. The lowest BCUT2D eigenvalue weighted by molar-refractivity contribution is 0.229. The highest BCUT2D eigenvalue weighted by atomic mass is 35.5. The van der Waals surface area contributed by atoms with Crippen molar-refractivity contribution in [2.45, 2.75) is 45.6 Å². The van der Waals surface area contributed by atoms with Gasteiger partial charge in [-0.05, 0) is 36.8 Å². The molecule has 88 valence electrons. The number of anilines is 1. The van der Waals surface area contributed by atoms with Gasteiger partial charge in [0, 0.05) is 6.04 Å². The van der Waals surface area contributed by atoms with Gasteiger partial charge in [0.1, 0.15) is 11.0 Å². The molecule has 2 nitrogen and oxygen atoms in total. The van der Waals surface area contributed by atoms with Crippen LogP contribution in [0.2, 0.25) is 5.15 Å². The molecular weight excluding hydrogens is 220 g/mol. The lowest BCUT2D eigenvalue weighted by Crippen LogP contribution is -2.31. The van der Waals surface area contributed by atoms with Gasteiger partial charge in [-0.25, -0.2) is 4.98 Å². The van der Waals surface area contributed by atoms with E-state index in [0.29, 0.717) is 16.6 Å². The molecule has 3 heteroatoms. The Hall–Kier alpha value is -0.760. The summed E-state index contributed by atoms with van der Waals surface area (Å²) in [6.45, 7) is 4.68. The SMILES string of the molecule is CC1(C)CCCC(Nc2cccc(Cl)n2)C1. The third-order valence-corrected chi connectivity index (χ3v) is 3.48. The predicted octanol–water partition coefficient (Wildman–Crippen LogP) is 4.12. The first-order chi connectivity index (χ1) is 7.55. The summed E-state index contributed by atoms with van der Waals surface area (Å²) in [5.41, 5.74) is 0.453. The Kier molecular flexibility index (Phi) is 3.38. The number of aromatic nitrogens is 1. The van der Waals surface area contributed by atoms with Crippen molar-refractivity contribution in [2.24, 2.45) is 5.41 Å². The van der Waals surface area contributed by atoms with Crippen molar-refractivity contribution in [1.29, 1.82) is 0 Å². The van der Waals surface area contributed by atoms with Crippen LogP contribution in [0.4, 0.5) is 5.82 Å². The van der Waals surface area contributed by atoms with Gasteiger partial charge in [-0.3, -0.25) is 0 Å². The molecule has 0 aliphatic heterocycles. The normalized spacial score (nSPS) is 24.1. The zero-order valence-corrected chi connectivity index (χ0v) is 10.7. The molecular formula is C13H19ClN2. The monoisotopic (exact) mass is 238 g/mol. The van der Waals surface area contributed by atoms with Gasteiger partial charge in [-0.15, -0.1) is 0 Å². The van der Waals surface area contributed by atoms with Crippen molar-refractivity contribution in [1.82, 2.24) is 4.98 Å². The van der Waals surface area contributed by atoms with Gasteiger partial charge in [0.05, 0.1) is 0 Å². The smallest absolute Gasteiger partial charge is 0.131 e. The van der Waals surface area contributed by atoms with Crippen LogP contribution in [0.5, 0.6) is 0 Å². The molecule has 1 N–H and O–H groups in total. The summed E-state index contributed by atoms with van der Waals surface area (Å²) in [7, 11) is 0. The number of nitrogens with one attached hydrogen (secondary N) is 1. The lowest BCUT2D eigenvalue weighted by Gasteiger charge is -2.35. The molecule has 0 spiro atoms. The van der Waals surface area contributed by atoms with Crippen molar-refractivity contribution in [2.75, 3.05) is 5.32 Å². The first-order valence-corrected chi connectivity index (χ1v) is 6.32. The summed E-state index contributed by atoms with van der Waals surface area (Å²) in [5, 5.41) is 4.04. The van der Waals surface area contributed by atoms with Gasteiger partial charge in [0.2, 0.25) is 0 Å². The second kappa shape index (κ2) is 4.62. The van der Waals surface area contributed by atoms with Crippen LogP contribution in [0, 0.1) is 5.41 Å². The third-order valence-electron chi connectivity index (χ3n) is 3.27. The third kappa shape index (κ3) is 3.11. The second-order valence-electron chi connectivity index (χ2n) is 5.45. The number of hydrogen-bond acceptors (Lipinski definition) is 2. The Morgan fingerprint density at radius 2 is 2.25 bits per heavy atom. The molecule has 1 aromatic rings. The molecule has 1 fully saturated rings. The molecule has 0 bridgehead atoms.